The van der Waals surface area contributed by atoms with E-state index in [0.29, 0.717) is 15.8 Å². The molecule has 1 amide bonds. The van der Waals surface area contributed by atoms with Crippen LogP contribution in [0.5, 0.6) is 0 Å². The number of nitrogens with one attached hydrogen (secondary N) is 1. The van der Waals surface area contributed by atoms with E-state index < -0.39 is 0 Å². The van der Waals surface area contributed by atoms with E-state index in [0.717, 1.165) is 30.7 Å². The maximum atomic E-state index is 12.3. The number of pyridine rings is 1. The van der Waals surface area contributed by atoms with Gasteiger partial charge in [-0.2, -0.15) is 0 Å². The van der Waals surface area contributed by atoms with Crippen LogP contribution in [0.15, 0.2) is 12.1 Å². The summed E-state index contributed by atoms with van der Waals surface area (Å²) in [5.41, 5.74) is 2.48. The smallest absolute Gasteiger partial charge is 0.257 e. The summed E-state index contributed by atoms with van der Waals surface area (Å²) in [6.07, 6.45) is 5.23. The number of halogens is 1. The molecule has 21 heavy (non-hydrogen) atoms. The van der Waals surface area contributed by atoms with Gasteiger partial charge in [-0.25, -0.2) is 9.97 Å². The summed E-state index contributed by atoms with van der Waals surface area (Å²) in [7, 11) is 0. The van der Waals surface area contributed by atoms with Crippen LogP contribution in [0.1, 0.15) is 46.4 Å². The molecule has 0 saturated heterocycles. The van der Waals surface area contributed by atoms with Crippen LogP contribution in [0.25, 0.3) is 0 Å². The Labute approximate surface area is 132 Å². The van der Waals surface area contributed by atoms with Crippen LogP contribution in [-0.4, -0.2) is 15.9 Å². The van der Waals surface area contributed by atoms with Crippen LogP contribution in [0.2, 0.25) is 5.15 Å². The van der Waals surface area contributed by atoms with Crippen LogP contribution in [0, 0.1) is 0 Å². The summed E-state index contributed by atoms with van der Waals surface area (Å²) >= 11 is 7.54. The summed E-state index contributed by atoms with van der Waals surface area (Å²) in [6, 6.07) is 3.36. The van der Waals surface area contributed by atoms with Crippen LogP contribution in [-0.2, 0) is 19.3 Å². The van der Waals surface area contributed by atoms with Gasteiger partial charge in [-0.15, -0.1) is 11.3 Å². The summed E-state index contributed by atoms with van der Waals surface area (Å²) < 4.78 is 0. The third kappa shape index (κ3) is 3.24. The number of amides is 1. The van der Waals surface area contributed by atoms with E-state index >= 15 is 0 Å². The van der Waals surface area contributed by atoms with E-state index in [4.69, 9.17) is 11.6 Å². The summed E-state index contributed by atoms with van der Waals surface area (Å²) in [4.78, 5) is 22.3. The second-order valence-corrected chi connectivity index (χ2v) is 6.54. The van der Waals surface area contributed by atoms with Crippen LogP contribution in [0.3, 0.4) is 0 Å². The molecular weight excluding hydrogens is 306 g/mol. The Morgan fingerprint density at radius 1 is 1.33 bits per heavy atom. The minimum atomic E-state index is -0.180. The van der Waals surface area contributed by atoms with Gasteiger partial charge in [-0.1, -0.05) is 18.5 Å². The van der Waals surface area contributed by atoms with Gasteiger partial charge in [0.15, 0.2) is 5.13 Å². The Hall–Kier alpha value is -1.46. The highest BCUT2D eigenvalue weighted by Gasteiger charge is 2.17. The largest absolute Gasteiger partial charge is 0.298 e. The lowest BCUT2D eigenvalue weighted by Crippen LogP contribution is -2.12. The van der Waals surface area contributed by atoms with E-state index in [-0.39, 0.29) is 5.91 Å². The van der Waals surface area contributed by atoms with E-state index in [1.807, 2.05) is 6.92 Å². The lowest BCUT2D eigenvalue weighted by Gasteiger charge is -2.06. The van der Waals surface area contributed by atoms with Gasteiger partial charge >= 0.3 is 0 Å². The molecule has 1 N–H and O–H groups in total. The monoisotopic (exact) mass is 321 g/mol. The quantitative estimate of drug-likeness (QED) is 0.873. The molecule has 0 bridgehead atoms. The molecule has 1 aliphatic rings. The van der Waals surface area contributed by atoms with Gasteiger partial charge in [0.25, 0.3) is 5.91 Å². The maximum Gasteiger partial charge on any atom is 0.257 e. The average Bonchev–Trinajstić information content (AvgIpc) is 2.88. The topological polar surface area (TPSA) is 54.9 Å². The second kappa shape index (κ2) is 6.12. The van der Waals surface area contributed by atoms with E-state index in [1.165, 1.54) is 17.7 Å². The minimum Gasteiger partial charge on any atom is -0.298 e. The molecule has 2 aromatic heterocycles. The number of fused-ring (bicyclic) bond motifs is 1. The molecule has 0 fully saturated rings. The minimum absolute atomic E-state index is 0.180. The Kier molecular flexibility index (Phi) is 4.22. The number of carbonyl (C=O) groups is 1. The molecular formula is C15H16ClN3OS. The molecule has 2 heterocycles. The highest BCUT2D eigenvalue weighted by Crippen LogP contribution is 2.29. The lowest BCUT2D eigenvalue weighted by atomic mass is 10.0. The zero-order valence-electron chi connectivity index (χ0n) is 11.8. The highest BCUT2D eigenvalue weighted by atomic mass is 35.5. The van der Waals surface area contributed by atoms with Crippen molar-refractivity contribution in [3.05, 3.63) is 39.1 Å². The number of rotatable bonds is 3. The maximum absolute atomic E-state index is 12.3. The SMILES string of the molecule is CCc1cc(C(=O)Nc2nc3c(s2)CCCC3)cc(Cl)n1. The van der Waals surface area contributed by atoms with Crippen molar-refractivity contribution in [1.29, 1.82) is 0 Å². The average molecular weight is 322 g/mol. The molecule has 0 aliphatic heterocycles. The first-order valence-electron chi connectivity index (χ1n) is 7.12. The van der Waals surface area contributed by atoms with Crippen molar-refractivity contribution in [1.82, 2.24) is 9.97 Å². The zero-order valence-corrected chi connectivity index (χ0v) is 13.4. The molecule has 0 unspecified atom stereocenters. The van der Waals surface area contributed by atoms with Crippen molar-refractivity contribution in [2.45, 2.75) is 39.0 Å². The number of thiazole rings is 1. The molecule has 0 spiro atoms. The molecule has 2 aromatic rings. The molecule has 0 saturated carbocycles. The number of hydrogen-bond acceptors (Lipinski definition) is 4. The molecule has 3 rings (SSSR count). The van der Waals surface area contributed by atoms with Gasteiger partial charge in [-0.05, 0) is 44.2 Å². The predicted octanol–water partition coefficient (Wildman–Crippen LogP) is 3.89. The first kappa shape index (κ1) is 14.5. The third-order valence-corrected chi connectivity index (χ3v) is 4.80. The Balaban J connectivity index is 1.79. The van der Waals surface area contributed by atoms with Crippen molar-refractivity contribution in [3.8, 4) is 0 Å². The van der Waals surface area contributed by atoms with Crippen LogP contribution >= 0.6 is 22.9 Å². The molecule has 4 nitrogen and oxygen atoms in total. The molecule has 6 heteroatoms. The molecule has 0 radical (unpaired) electrons. The molecule has 1 aliphatic carbocycles. The second-order valence-electron chi connectivity index (χ2n) is 5.07. The first-order chi connectivity index (χ1) is 10.2. The number of hydrogen-bond donors (Lipinski definition) is 1. The van der Waals surface area contributed by atoms with E-state index in [1.54, 1.807) is 23.5 Å². The van der Waals surface area contributed by atoms with Gasteiger partial charge in [0.2, 0.25) is 0 Å². The number of carbonyl (C=O) groups excluding carboxylic acids is 1. The summed E-state index contributed by atoms with van der Waals surface area (Å²) in [6.45, 7) is 1.98. The zero-order chi connectivity index (χ0) is 14.8. The fourth-order valence-corrected chi connectivity index (χ4v) is 3.71. The van der Waals surface area contributed by atoms with Gasteiger partial charge < -0.3 is 0 Å². The Bertz CT molecular complexity index is 660. The number of nitrogens with zero attached hydrogens (tertiary/aromatic N) is 2. The standard InChI is InChI=1S/C15H16ClN3OS/c1-2-10-7-9(8-13(16)17-10)14(20)19-15-18-11-5-3-4-6-12(11)21-15/h7-8H,2-6H2,1H3,(H,18,19,20). The van der Waals surface area contributed by atoms with Crippen molar-refractivity contribution < 1.29 is 4.79 Å². The van der Waals surface area contributed by atoms with Gasteiger partial charge in [0.1, 0.15) is 5.15 Å². The number of aryl methyl sites for hydroxylation is 3. The fraction of sp³-hybridized carbons (Fsp3) is 0.400. The normalized spacial score (nSPS) is 13.8. The van der Waals surface area contributed by atoms with E-state index in [9.17, 15) is 4.79 Å². The van der Waals surface area contributed by atoms with Crippen molar-refractivity contribution in [2.24, 2.45) is 0 Å². The third-order valence-electron chi connectivity index (χ3n) is 3.54. The summed E-state index contributed by atoms with van der Waals surface area (Å²) in [5, 5.41) is 3.90. The summed E-state index contributed by atoms with van der Waals surface area (Å²) in [5.74, 6) is -0.180. The molecule has 0 atom stereocenters. The van der Waals surface area contributed by atoms with Gasteiger partial charge in [0, 0.05) is 16.1 Å². The molecule has 0 aromatic carbocycles. The van der Waals surface area contributed by atoms with Gasteiger partial charge in [-0.3, -0.25) is 10.1 Å². The van der Waals surface area contributed by atoms with Crippen LogP contribution in [0.4, 0.5) is 5.13 Å². The van der Waals surface area contributed by atoms with Crippen molar-refractivity contribution in [3.63, 3.8) is 0 Å². The molecule has 110 valence electrons. The van der Waals surface area contributed by atoms with Gasteiger partial charge in [0.05, 0.1) is 5.69 Å². The van der Waals surface area contributed by atoms with Crippen molar-refractivity contribution in [2.75, 3.05) is 5.32 Å². The number of anilines is 1. The predicted molar refractivity (Wildman–Crippen MR) is 85.3 cm³/mol. The number of aromatic nitrogens is 2. The highest BCUT2D eigenvalue weighted by molar-refractivity contribution is 7.15. The van der Waals surface area contributed by atoms with Crippen molar-refractivity contribution >= 4 is 34.0 Å². The van der Waals surface area contributed by atoms with E-state index in [2.05, 4.69) is 15.3 Å². The Morgan fingerprint density at radius 2 is 2.14 bits per heavy atom. The van der Waals surface area contributed by atoms with Crippen LogP contribution < -0.4 is 5.32 Å². The lowest BCUT2D eigenvalue weighted by molar-refractivity contribution is 0.102. The Morgan fingerprint density at radius 3 is 2.90 bits per heavy atom. The first-order valence-corrected chi connectivity index (χ1v) is 8.31. The fourth-order valence-electron chi connectivity index (χ4n) is 2.44.